The van der Waals surface area contributed by atoms with E-state index in [1.54, 1.807) is 12.1 Å². The number of para-hydroxylation sites is 1. The van der Waals surface area contributed by atoms with Gasteiger partial charge in [0.05, 0.1) is 0 Å². The van der Waals surface area contributed by atoms with E-state index in [1.807, 2.05) is 13.0 Å². The van der Waals surface area contributed by atoms with E-state index < -0.39 is 11.9 Å². The maximum absolute atomic E-state index is 10.9. The van der Waals surface area contributed by atoms with Gasteiger partial charge in [0.1, 0.15) is 22.6 Å². The molecule has 6 heteroatoms. The molecule has 2 aromatic rings. The lowest BCUT2D eigenvalue weighted by Gasteiger charge is -2.12. The van der Waals surface area contributed by atoms with E-state index in [1.165, 1.54) is 37.5 Å². The maximum atomic E-state index is 10.9. The molecule has 0 atom stereocenters. The van der Waals surface area contributed by atoms with Gasteiger partial charge in [-0.1, -0.05) is 51.3 Å². The van der Waals surface area contributed by atoms with Crippen LogP contribution in [0.25, 0.3) is 0 Å². The van der Waals surface area contributed by atoms with Gasteiger partial charge in [-0.15, -0.1) is 0 Å². The van der Waals surface area contributed by atoms with E-state index in [9.17, 15) is 14.7 Å². The summed E-state index contributed by atoms with van der Waals surface area (Å²) in [5.74, 6) is -2.44. The molecule has 0 radical (unpaired) electrons. The Labute approximate surface area is 165 Å². The average molecular weight is 388 g/mol. The van der Waals surface area contributed by atoms with Crippen molar-refractivity contribution in [3.63, 3.8) is 0 Å². The number of hydrogen-bond donors (Lipinski definition) is 4. The first-order valence-corrected chi connectivity index (χ1v) is 9.41. The quantitative estimate of drug-likeness (QED) is 0.480. The van der Waals surface area contributed by atoms with E-state index in [-0.39, 0.29) is 22.6 Å². The first-order valence-electron chi connectivity index (χ1n) is 9.41. The highest BCUT2D eigenvalue weighted by Gasteiger charge is 2.15. The van der Waals surface area contributed by atoms with Crippen LogP contribution in [0, 0.1) is 0 Å². The molecule has 0 fully saturated rings. The topological polar surface area (TPSA) is 115 Å². The molecule has 0 amide bonds. The molecule has 0 unspecified atom stereocenters. The van der Waals surface area contributed by atoms with Crippen LogP contribution in [-0.4, -0.2) is 32.4 Å². The summed E-state index contributed by atoms with van der Waals surface area (Å²) in [5, 5.41) is 36.2. The summed E-state index contributed by atoms with van der Waals surface area (Å²) in [6.07, 6.45) is 6.27. The van der Waals surface area contributed by atoms with Gasteiger partial charge in [-0.05, 0) is 48.6 Å². The van der Waals surface area contributed by atoms with E-state index in [2.05, 4.69) is 6.92 Å². The van der Waals surface area contributed by atoms with Crippen LogP contribution in [0.5, 0.6) is 11.5 Å². The van der Waals surface area contributed by atoms with Gasteiger partial charge in [0.25, 0.3) is 0 Å². The first kappa shape index (κ1) is 23.0. The Morgan fingerprint density at radius 1 is 0.821 bits per heavy atom. The zero-order valence-corrected chi connectivity index (χ0v) is 16.3. The molecule has 2 aromatic carbocycles. The third-order valence-corrected chi connectivity index (χ3v) is 4.40. The Hall–Kier alpha value is -3.02. The van der Waals surface area contributed by atoms with E-state index in [0.29, 0.717) is 6.42 Å². The number of rotatable bonds is 8. The summed E-state index contributed by atoms with van der Waals surface area (Å²) >= 11 is 0. The second kappa shape index (κ2) is 11.6. The average Bonchev–Trinajstić information content (AvgIpc) is 2.65. The lowest BCUT2D eigenvalue weighted by atomic mass is 9.96. The van der Waals surface area contributed by atoms with Gasteiger partial charge in [-0.2, -0.15) is 0 Å². The van der Waals surface area contributed by atoms with Crippen LogP contribution in [0.3, 0.4) is 0 Å². The van der Waals surface area contributed by atoms with Crippen molar-refractivity contribution in [1.29, 1.82) is 0 Å². The molecule has 0 heterocycles. The fraction of sp³-hybridized carbons (Fsp3) is 0.364. The predicted molar refractivity (Wildman–Crippen MR) is 107 cm³/mol. The monoisotopic (exact) mass is 388 g/mol. The Balaban J connectivity index is 0.000000330. The second-order valence-electron chi connectivity index (χ2n) is 6.39. The van der Waals surface area contributed by atoms with Crippen LogP contribution in [-0.2, 0) is 12.8 Å². The van der Waals surface area contributed by atoms with Gasteiger partial charge < -0.3 is 20.4 Å². The molecule has 0 saturated carbocycles. The van der Waals surface area contributed by atoms with Gasteiger partial charge in [0, 0.05) is 0 Å². The number of aromatic carboxylic acids is 2. The summed E-state index contributed by atoms with van der Waals surface area (Å²) in [7, 11) is 0. The zero-order valence-electron chi connectivity index (χ0n) is 16.3. The number of carboxylic acids is 2. The van der Waals surface area contributed by atoms with Crippen molar-refractivity contribution in [2.24, 2.45) is 0 Å². The van der Waals surface area contributed by atoms with Gasteiger partial charge in [0.15, 0.2) is 0 Å². The summed E-state index contributed by atoms with van der Waals surface area (Å²) in [5.41, 5.74) is 1.80. The van der Waals surface area contributed by atoms with Crippen molar-refractivity contribution in [3.05, 3.63) is 58.7 Å². The van der Waals surface area contributed by atoms with E-state index >= 15 is 0 Å². The molecule has 0 spiro atoms. The molecule has 4 N–H and O–H groups in total. The zero-order chi connectivity index (χ0) is 21.1. The first-order chi connectivity index (χ1) is 13.3. The van der Waals surface area contributed by atoms with Gasteiger partial charge in [0.2, 0.25) is 0 Å². The number of carbonyl (C=O) groups is 2. The number of aryl methyl sites for hydroxylation is 1. The molecule has 28 heavy (non-hydrogen) atoms. The van der Waals surface area contributed by atoms with Crippen molar-refractivity contribution >= 4 is 11.9 Å². The third kappa shape index (κ3) is 6.61. The molecular weight excluding hydrogens is 360 g/mol. The lowest BCUT2D eigenvalue weighted by Crippen LogP contribution is -2.02. The number of carboxylic acid groups (broad SMARTS) is 2. The standard InChI is InChI=1S/C15H22O3.C7H6O3/c1-3-5-6-7-8-11-9-10-13(15(17)18)14(16)12(11)4-2;8-6-4-2-1-3-5(6)7(9)10/h9-10,16H,3-8H2,1-2H3,(H,17,18);1-4,8H,(H,9,10). The molecule has 0 saturated heterocycles. The minimum absolute atomic E-state index is 0.00385. The van der Waals surface area contributed by atoms with Crippen molar-refractivity contribution < 1.29 is 30.0 Å². The van der Waals surface area contributed by atoms with Gasteiger partial charge >= 0.3 is 11.9 Å². The number of aromatic hydroxyl groups is 2. The van der Waals surface area contributed by atoms with Crippen LogP contribution < -0.4 is 0 Å². The van der Waals surface area contributed by atoms with Crippen molar-refractivity contribution in [2.75, 3.05) is 0 Å². The molecule has 152 valence electrons. The number of unbranched alkanes of at least 4 members (excludes halogenated alkanes) is 3. The van der Waals surface area contributed by atoms with Gasteiger partial charge in [-0.3, -0.25) is 0 Å². The molecule has 6 nitrogen and oxygen atoms in total. The highest BCUT2D eigenvalue weighted by Crippen LogP contribution is 2.28. The molecule has 0 aliphatic carbocycles. The van der Waals surface area contributed by atoms with Gasteiger partial charge in [-0.25, -0.2) is 9.59 Å². The van der Waals surface area contributed by atoms with Crippen molar-refractivity contribution in [2.45, 2.75) is 52.4 Å². The highest BCUT2D eigenvalue weighted by molar-refractivity contribution is 5.91. The van der Waals surface area contributed by atoms with Crippen LogP contribution in [0.2, 0.25) is 0 Å². The fourth-order valence-electron chi connectivity index (χ4n) is 2.88. The number of benzene rings is 2. The summed E-state index contributed by atoms with van der Waals surface area (Å²) in [6, 6.07) is 9.16. The van der Waals surface area contributed by atoms with Crippen LogP contribution in [0.4, 0.5) is 0 Å². The number of hydrogen-bond acceptors (Lipinski definition) is 4. The minimum atomic E-state index is -1.11. The minimum Gasteiger partial charge on any atom is -0.507 e. The van der Waals surface area contributed by atoms with E-state index in [4.69, 9.17) is 15.3 Å². The summed E-state index contributed by atoms with van der Waals surface area (Å²) < 4.78 is 0. The Bertz CT molecular complexity index is 798. The van der Waals surface area contributed by atoms with Crippen LogP contribution in [0.1, 0.15) is 71.4 Å². The summed E-state index contributed by atoms with van der Waals surface area (Å²) in [4.78, 5) is 21.2. The van der Waals surface area contributed by atoms with Crippen molar-refractivity contribution in [3.8, 4) is 11.5 Å². The van der Waals surface area contributed by atoms with Crippen LogP contribution >= 0.6 is 0 Å². The SMILES string of the molecule is CCCCCCc1ccc(C(=O)O)c(O)c1CC.O=C(O)c1ccccc1O. The molecule has 0 bridgehead atoms. The van der Waals surface area contributed by atoms with Crippen LogP contribution in [0.15, 0.2) is 36.4 Å². The molecule has 0 aliphatic rings. The molecule has 2 rings (SSSR count). The number of phenols is 2. The Kier molecular flexibility index (Phi) is 9.57. The highest BCUT2D eigenvalue weighted by atomic mass is 16.4. The predicted octanol–water partition coefficient (Wildman–Crippen LogP) is 4.87. The molecule has 0 aromatic heterocycles. The maximum Gasteiger partial charge on any atom is 0.339 e. The molecular formula is C22H28O6. The smallest absolute Gasteiger partial charge is 0.339 e. The van der Waals surface area contributed by atoms with E-state index in [0.717, 1.165) is 24.0 Å². The second-order valence-corrected chi connectivity index (χ2v) is 6.39. The third-order valence-electron chi connectivity index (χ3n) is 4.40. The Morgan fingerprint density at radius 2 is 1.46 bits per heavy atom. The van der Waals surface area contributed by atoms with Crippen molar-refractivity contribution in [1.82, 2.24) is 0 Å². The fourth-order valence-corrected chi connectivity index (χ4v) is 2.88. The summed E-state index contributed by atoms with van der Waals surface area (Å²) in [6.45, 7) is 4.11. The normalized spacial score (nSPS) is 10.1. The molecule has 0 aliphatic heterocycles. The lowest BCUT2D eigenvalue weighted by molar-refractivity contribution is 0.0682. The Morgan fingerprint density at radius 3 is 1.96 bits per heavy atom. The largest absolute Gasteiger partial charge is 0.507 e.